The van der Waals surface area contributed by atoms with Crippen molar-refractivity contribution in [3.63, 3.8) is 0 Å². The van der Waals surface area contributed by atoms with Crippen molar-refractivity contribution in [2.45, 2.75) is 89.9 Å². The Hall–Kier alpha value is -7.56. The largest absolute Gasteiger partial charge is 0.311 e. The number of nitrogens with zero attached hydrogens (tertiary/aromatic N) is 3. The van der Waals surface area contributed by atoms with E-state index in [1.54, 1.807) is 0 Å². The number of hydrogen-bond acceptors (Lipinski definition) is 3. The minimum atomic E-state index is -0.0506. The Morgan fingerprint density at radius 3 is 1.33 bits per heavy atom. The van der Waals surface area contributed by atoms with Gasteiger partial charge in [-0.2, -0.15) is 0 Å². The number of rotatable bonds is 7. The summed E-state index contributed by atoms with van der Waals surface area (Å²) < 4.78 is 0. The predicted molar refractivity (Wildman–Crippen MR) is 307 cm³/mol. The van der Waals surface area contributed by atoms with E-state index in [-0.39, 0.29) is 28.4 Å². The highest BCUT2D eigenvalue weighted by Gasteiger charge is 2.49. The molecular formula is C68H62BN3. The highest BCUT2D eigenvalue weighted by Crippen LogP contribution is 2.55. The van der Waals surface area contributed by atoms with E-state index in [9.17, 15) is 0 Å². The maximum absolute atomic E-state index is 2.68. The van der Waals surface area contributed by atoms with Crippen molar-refractivity contribution in [1.29, 1.82) is 0 Å². The lowest BCUT2D eigenvalue weighted by Gasteiger charge is -2.45. The third-order valence-electron chi connectivity index (χ3n) is 16.8. The minimum Gasteiger partial charge on any atom is -0.311 e. The van der Waals surface area contributed by atoms with Crippen LogP contribution in [0.15, 0.2) is 206 Å². The molecule has 0 atom stereocenters. The van der Waals surface area contributed by atoms with E-state index in [1.165, 1.54) is 89.3 Å². The fraction of sp³-hybridized carbons (Fsp3) is 0.206. The van der Waals surface area contributed by atoms with Gasteiger partial charge in [-0.15, -0.1) is 0 Å². The van der Waals surface area contributed by atoms with E-state index in [0.717, 1.165) is 35.6 Å². The summed E-state index contributed by atoms with van der Waals surface area (Å²) in [6, 6.07) is 77.8. The monoisotopic (exact) mass is 932 g/mol. The van der Waals surface area contributed by atoms with Crippen LogP contribution in [0.2, 0.25) is 0 Å². The second kappa shape index (κ2) is 16.0. The SMILES string of the molecule is CC1(C)CC(C)(C)c2cc(N3c4cc5c(cc4B4c6cc(-c7ccccc7)ccc6N(c6ccc(-c7ccccc7)cc6)c6cc(N(c7ccccc7)c7ccccc7)cc3c64)C(C)(C)CC5(C)C)ccc21. The van der Waals surface area contributed by atoms with E-state index in [1.807, 2.05) is 0 Å². The van der Waals surface area contributed by atoms with Crippen LogP contribution in [0, 0.1) is 0 Å². The van der Waals surface area contributed by atoms with Gasteiger partial charge < -0.3 is 14.7 Å². The van der Waals surface area contributed by atoms with Crippen LogP contribution in [0.25, 0.3) is 22.3 Å². The van der Waals surface area contributed by atoms with Gasteiger partial charge >= 0.3 is 0 Å². The molecule has 0 unspecified atom stereocenters. The second-order valence-electron chi connectivity index (χ2n) is 23.6. The van der Waals surface area contributed by atoms with Crippen molar-refractivity contribution < 1.29 is 0 Å². The van der Waals surface area contributed by atoms with Gasteiger partial charge in [-0.25, -0.2) is 0 Å². The second-order valence-corrected chi connectivity index (χ2v) is 23.6. The standard InChI is InChI=1S/C68H62BN3/c1-65(2)43-66(3,4)55-38-52(34-35-54(55)65)72-61-42-57-56(67(5,6)44-68(57,7)8)41-59(61)69-58-37-48(46-23-15-10-16-24-46)31-36-60(58)71(51-32-29-47(30-33-51)45-21-13-9-14-22-45)62-39-53(40-63(72)64(62)69)70(49-25-17-11-18-26-49)50-27-19-12-20-28-50/h9-42H,43-44H2,1-8H3. The molecule has 0 saturated carbocycles. The van der Waals surface area contributed by atoms with Gasteiger partial charge in [-0.05, 0) is 168 Å². The molecule has 0 amide bonds. The first-order valence-electron chi connectivity index (χ1n) is 26.0. The third kappa shape index (κ3) is 6.93. The Labute approximate surface area is 427 Å². The summed E-state index contributed by atoms with van der Waals surface area (Å²) in [4.78, 5) is 7.70. The molecule has 13 rings (SSSR count). The molecule has 4 heteroatoms. The molecular weight excluding hydrogens is 870 g/mol. The zero-order valence-electron chi connectivity index (χ0n) is 43.0. The zero-order chi connectivity index (χ0) is 49.3. The summed E-state index contributed by atoms with van der Waals surface area (Å²) >= 11 is 0. The molecule has 4 aliphatic rings. The van der Waals surface area contributed by atoms with Gasteiger partial charge in [-0.3, -0.25) is 0 Å². The summed E-state index contributed by atoms with van der Waals surface area (Å²) in [7, 11) is 0. The van der Waals surface area contributed by atoms with E-state index in [0.29, 0.717) is 0 Å². The summed E-state index contributed by atoms with van der Waals surface area (Å²) in [6.07, 6.45) is 2.21. The van der Waals surface area contributed by atoms with Crippen LogP contribution in [0.4, 0.5) is 51.2 Å². The smallest absolute Gasteiger partial charge is 0.252 e. The Balaban J connectivity index is 1.16. The van der Waals surface area contributed by atoms with Crippen molar-refractivity contribution in [2.75, 3.05) is 14.7 Å². The molecule has 9 aromatic carbocycles. The number of anilines is 9. The molecule has 2 aliphatic carbocycles. The first-order valence-corrected chi connectivity index (χ1v) is 26.0. The fourth-order valence-electron chi connectivity index (χ4n) is 14.1. The fourth-order valence-corrected chi connectivity index (χ4v) is 14.1. The van der Waals surface area contributed by atoms with Gasteiger partial charge in [0.25, 0.3) is 6.71 Å². The van der Waals surface area contributed by atoms with Crippen LogP contribution in [-0.4, -0.2) is 6.71 Å². The van der Waals surface area contributed by atoms with Crippen molar-refractivity contribution in [2.24, 2.45) is 0 Å². The molecule has 0 radical (unpaired) electrons. The molecule has 2 heterocycles. The Morgan fingerprint density at radius 2 is 0.764 bits per heavy atom. The number of para-hydroxylation sites is 2. The first kappa shape index (κ1) is 44.4. The minimum absolute atomic E-state index is 0.00184. The molecule has 0 spiro atoms. The van der Waals surface area contributed by atoms with Crippen LogP contribution in [0.5, 0.6) is 0 Å². The van der Waals surface area contributed by atoms with Gasteiger partial charge in [0, 0.05) is 45.5 Å². The first-order chi connectivity index (χ1) is 34.7. The highest BCUT2D eigenvalue weighted by molar-refractivity contribution is 7.00. The average molecular weight is 932 g/mol. The molecule has 3 nitrogen and oxygen atoms in total. The predicted octanol–water partition coefficient (Wildman–Crippen LogP) is 16.5. The van der Waals surface area contributed by atoms with Gasteiger partial charge in [0.2, 0.25) is 0 Å². The molecule has 2 aliphatic heterocycles. The van der Waals surface area contributed by atoms with Gasteiger partial charge in [0.1, 0.15) is 0 Å². The van der Waals surface area contributed by atoms with Crippen LogP contribution in [0.3, 0.4) is 0 Å². The Bertz CT molecular complexity index is 3540. The van der Waals surface area contributed by atoms with Crippen LogP contribution >= 0.6 is 0 Å². The van der Waals surface area contributed by atoms with Crippen LogP contribution < -0.4 is 31.1 Å². The number of benzene rings is 9. The maximum Gasteiger partial charge on any atom is 0.252 e. The van der Waals surface area contributed by atoms with Gasteiger partial charge in [-0.1, -0.05) is 189 Å². The quantitative estimate of drug-likeness (QED) is 0.147. The van der Waals surface area contributed by atoms with E-state index >= 15 is 0 Å². The topological polar surface area (TPSA) is 9.72 Å². The molecule has 0 fully saturated rings. The number of fused-ring (bicyclic) bond motifs is 6. The maximum atomic E-state index is 2.68. The summed E-state index contributed by atoms with van der Waals surface area (Å²) in [5, 5.41) is 0. The highest BCUT2D eigenvalue weighted by atomic mass is 15.2. The molecule has 9 aromatic rings. The van der Waals surface area contributed by atoms with Crippen molar-refractivity contribution in [1.82, 2.24) is 0 Å². The lowest BCUT2D eigenvalue weighted by Crippen LogP contribution is -2.61. The van der Waals surface area contributed by atoms with Gasteiger partial charge in [0.15, 0.2) is 0 Å². The van der Waals surface area contributed by atoms with Gasteiger partial charge in [0.05, 0.1) is 5.69 Å². The molecule has 352 valence electrons. The average Bonchev–Trinajstić information content (AvgIpc) is 3.70. The summed E-state index contributed by atoms with van der Waals surface area (Å²) in [5.41, 5.74) is 25.4. The summed E-state index contributed by atoms with van der Waals surface area (Å²) in [6.45, 7) is 19.6. The molecule has 0 bridgehead atoms. The molecule has 0 aromatic heterocycles. The van der Waals surface area contributed by atoms with Crippen LogP contribution in [-0.2, 0) is 21.7 Å². The van der Waals surface area contributed by atoms with Crippen molar-refractivity contribution in [3.8, 4) is 22.3 Å². The normalized spacial score (nSPS) is 16.9. The van der Waals surface area contributed by atoms with Crippen LogP contribution in [0.1, 0.15) is 90.5 Å². The molecule has 0 saturated heterocycles. The van der Waals surface area contributed by atoms with Crippen molar-refractivity contribution in [3.05, 3.63) is 229 Å². The Kier molecular flexibility index (Phi) is 9.85. The number of hydrogen-bond donors (Lipinski definition) is 0. The molecule has 72 heavy (non-hydrogen) atoms. The lowest BCUT2D eigenvalue weighted by atomic mass is 9.33. The third-order valence-corrected chi connectivity index (χ3v) is 16.8. The lowest BCUT2D eigenvalue weighted by molar-refractivity contribution is 0.403. The molecule has 0 N–H and O–H groups in total. The summed E-state index contributed by atoms with van der Waals surface area (Å²) in [5.74, 6) is 0. The van der Waals surface area contributed by atoms with E-state index < -0.39 is 0 Å². The zero-order valence-corrected chi connectivity index (χ0v) is 43.0. The van der Waals surface area contributed by atoms with E-state index in [2.05, 4.69) is 276 Å². The van der Waals surface area contributed by atoms with E-state index in [4.69, 9.17) is 0 Å². The van der Waals surface area contributed by atoms with Crippen molar-refractivity contribution >= 4 is 74.3 Å². The Morgan fingerprint density at radius 1 is 0.333 bits per heavy atom.